The van der Waals surface area contributed by atoms with Gasteiger partial charge >= 0.3 is 0 Å². The Balaban J connectivity index is 2.08. The molecule has 3 heteroatoms. The van der Waals surface area contributed by atoms with Crippen LogP contribution in [0.15, 0.2) is 17.5 Å². The van der Waals surface area contributed by atoms with E-state index in [4.69, 9.17) is 0 Å². The zero-order valence-electron chi connectivity index (χ0n) is 10.5. The quantitative estimate of drug-likeness (QED) is 0.852. The van der Waals surface area contributed by atoms with E-state index in [0.29, 0.717) is 6.04 Å². The van der Waals surface area contributed by atoms with Crippen molar-refractivity contribution in [2.75, 3.05) is 19.6 Å². The van der Waals surface area contributed by atoms with E-state index in [9.17, 15) is 0 Å². The largest absolute Gasteiger partial charge is 0.310 e. The summed E-state index contributed by atoms with van der Waals surface area (Å²) < 4.78 is 0. The molecule has 1 aliphatic heterocycles. The molecule has 1 aliphatic rings. The zero-order valence-corrected chi connectivity index (χ0v) is 11.3. The second-order valence-corrected chi connectivity index (χ2v) is 6.31. The lowest BCUT2D eigenvalue weighted by Crippen LogP contribution is -2.46. The van der Waals surface area contributed by atoms with Gasteiger partial charge in [-0.25, -0.2) is 0 Å². The van der Waals surface area contributed by atoms with E-state index in [2.05, 4.69) is 48.5 Å². The minimum absolute atomic E-state index is 0.238. The summed E-state index contributed by atoms with van der Waals surface area (Å²) in [6, 6.07) is 4.96. The van der Waals surface area contributed by atoms with Gasteiger partial charge in [-0.15, -0.1) is 11.3 Å². The molecule has 2 nitrogen and oxygen atoms in total. The summed E-state index contributed by atoms with van der Waals surface area (Å²) in [6.45, 7) is 10.4. The van der Waals surface area contributed by atoms with Crippen molar-refractivity contribution < 1.29 is 0 Å². The van der Waals surface area contributed by atoms with E-state index < -0.39 is 0 Å². The molecule has 0 spiro atoms. The monoisotopic (exact) mass is 238 g/mol. The first-order valence-corrected chi connectivity index (χ1v) is 6.99. The van der Waals surface area contributed by atoms with Crippen LogP contribution in [0.5, 0.6) is 0 Å². The number of nitrogens with one attached hydrogen (secondary N) is 1. The maximum atomic E-state index is 3.61. The molecule has 1 aromatic heterocycles. The van der Waals surface area contributed by atoms with Crippen molar-refractivity contribution in [2.24, 2.45) is 0 Å². The number of hydrogen-bond donors (Lipinski definition) is 1. The van der Waals surface area contributed by atoms with Crippen LogP contribution in [0.3, 0.4) is 0 Å². The maximum Gasteiger partial charge on any atom is 0.0414 e. The molecule has 1 unspecified atom stereocenters. The molecule has 2 rings (SSSR count). The fourth-order valence-electron chi connectivity index (χ4n) is 2.39. The van der Waals surface area contributed by atoms with Crippen molar-refractivity contribution in [1.29, 1.82) is 0 Å². The van der Waals surface area contributed by atoms with Gasteiger partial charge in [0.15, 0.2) is 0 Å². The van der Waals surface area contributed by atoms with Crippen molar-refractivity contribution in [2.45, 2.75) is 38.8 Å². The van der Waals surface area contributed by atoms with Gasteiger partial charge in [-0.3, -0.25) is 4.90 Å². The van der Waals surface area contributed by atoms with Gasteiger partial charge in [-0.1, -0.05) is 6.07 Å². The van der Waals surface area contributed by atoms with Crippen LogP contribution in [0.1, 0.15) is 38.1 Å². The van der Waals surface area contributed by atoms with E-state index in [1.54, 1.807) is 0 Å². The van der Waals surface area contributed by atoms with Crippen LogP contribution in [0.25, 0.3) is 0 Å². The van der Waals surface area contributed by atoms with Gasteiger partial charge in [0.25, 0.3) is 0 Å². The lowest BCUT2D eigenvalue weighted by atomic mass is 10.0. The van der Waals surface area contributed by atoms with E-state index in [1.165, 1.54) is 17.8 Å². The zero-order chi connectivity index (χ0) is 11.6. The van der Waals surface area contributed by atoms with Gasteiger partial charge < -0.3 is 5.32 Å². The first-order chi connectivity index (χ1) is 7.58. The number of hydrogen-bond acceptors (Lipinski definition) is 3. The van der Waals surface area contributed by atoms with Crippen molar-refractivity contribution in [3.05, 3.63) is 22.4 Å². The fourth-order valence-corrected chi connectivity index (χ4v) is 3.21. The molecule has 1 saturated heterocycles. The third-order valence-electron chi connectivity index (χ3n) is 3.33. The first kappa shape index (κ1) is 12.1. The second-order valence-electron chi connectivity index (χ2n) is 5.33. The molecule has 90 valence electrons. The summed E-state index contributed by atoms with van der Waals surface area (Å²) >= 11 is 1.87. The molecule has 0 radical (unpaired) electrons. The Bertz CT molecular complexity index is 319. The number of nitrogens with zero attached hydrogens (tertiary/aromatic N) is 1. The van der Waals surface area contributed by atoms with Gasteiger partial charge in [0, 0.05) is 29.5 Å². The van der Waals surface area contributed by atoms with Crippen LogP contribution < -0.4 is 5.32 Å². The molecule has 0 amide bonds. The molecule has 16 heavy (non-hydrogen) atoms. The van der Waals surface area contributed by atoms with Crippen LogP contribution >= 0.6 is 11.3 Å². The minimum atomic E-state index is 0.238. The summed E-state index contributed by atoms with van der Waals surface area (Å²) in [6.07, 6.45) is 1.25. The number of thiophene rings is 1. The summed E-state index contributed by atoms with van der Waals surface area (Å²) in [5.74, 6) is 0. The Morgan fingerprint density at radius 2 is 2.31 bits per heavy atom. The third-order valence-corrected chi connectivity index (χ3v) is 4.37. The standard InChI is InChI=1S/C13H22N2S/c1-11(12-6-4-9-16-12)15-8-5-7-14-13(2,3)10-15/h4,6,9,11,14H,5,7-8,10H2,1-3H3. The van der Waals surface area contributed by atoms with Crippen LogP contribution in [0, 0.1) is 0 Å². The summed E-state index contributed by atoms with van der Waals surface area (Å²) in [7, 11) is 0. The second kappa shape index (κ2) is 4.86. The molecule has 0 aliphatic carbocycles. The van der Waals surface area contributed by atoms with Crippen LogP contribution in [-0.2, 0) is 0 Å². The van der Waals surface area contributed by atoms with Gasteiger partial charge in [0.05, 0.1) is 0 Å². The first-order valence-electron chi connectivity index (χ1n) is 6.11. The molecular formula is C13H22N2S. The molecule has 0 saturated carbocycles. The SMILES string of the molecule is CC(c1cccs1)N1CCCNC(C)(C)C1. The normalized spacial score (nSPS) is 23.9. The highest BCUT2D eigenvalue weighted by Crippen LogP contribution is 2.27. The highest BCUT2D eigenvalue weighted by molar-refractivity contribution is 7.10. The topological polar surface area (TPSA) is 15.3 Å². The van der Waals surface area contributed by atoms with Crippen molar-refractivity contribution in [3.8, 4) is 0 Å². The van der Waals surface area contributed by atoms with Gasteiger partial charge in [-0.05, 0) is 45.2 Å². The van der Waals surface area contributed by atoms with Gasteiger partial charge in [0.1, 0.15) is 0 Å². The van der Waals surface area contributed by atoms with Gasteiger partial charge in [0.2, 0.25) is 0 Å². The summed E-state index contributed by atoms with van der Waals surface area (Å²) in [5, 5.41) is 5.79. The average molecular weight is 238 g/mol. The highest BCUT2D eigenvalue weighted by Gasteiger charge is 2.27. The molecule has 1 N–H and O–H groups in total. The molecule has 1 aromatic rings. The van der Waals surface area contributed by atoms with E-state index in [-0.39, 0.29) is 5.54 Å². The van der Waals surface area contributed by atoms with Crippen molar-refractivity contribution >= 4 is 11.3 Å². The van der Waals surface area contributed by atoms with E-state index >= 15 is 0 Å². The Kier molecular flexibility index (Phi) is 3.67. The van der Waals surface area contributed by atoms with Crippen LogP contribution in [0.2, 0.25) is 0 Å². The lowest BCUT2D eigenvalue weighted by Gasteiger charge is -2.33. The molecule has 0 aromatic carbocycles. The molecule has 1 fully saturated rings. The molecule has 2 heterocycles. The van der Waals surface area contributed by atoms with Crippen molar-refractivity contribution in [3.63, 3.8) is 0 Å². The van der Waals surface area contributed by atoms with Crippen LogP contribution in [0.4, 0.5) is 0 Å². The van der Waals surface area contributed by atoms with Gasteiger partial charge in [-0.2, -0.15) is 0 Å². The highest BCUT2D eigenvalue weighted by atomic mass is 32.1. The van der Waals surface area contributed by atoms with Crippen LogP contribution in [-0.4, -0.2) is 30.1 Å². The van der Waals surface area contributed by atoms with Crippen molar-refractivity contribution in [1.82, 2.24) is 10.2 Å². The fraction of sp³-hybridized carbons (Fsp3) is 0.692. The Morgan fingerprint density at radius 3 is 3.00 bits per heavy atom. The average Bonchev–Trinajstić information content (AvgIpc) is 2.68. The predicted octanol–water partition coefficient (Wildman–Crippen LogP) is 2.88. The summed E-state index contributed by atoms with van der Waals surface area (Å²) in [4.78, 5) is 4.09. The Hall–Kier alpha value is -0.380. The number of rotatable bonds is 2. The third kappa shape index (κ3) is 2.84. The molecule has 1 atom stereocenters. The molecule has 0 bridgehead atoms. The maximum absolute atomic E-state index is 3.61. The molecular weight excluding hydrogens is 216 g/mol. The Morgan fingerprint density at radius 1 is 1.50 bits per heavy atom. The Labute approximate surface area is 103 Å². The minimum Gasteiger partial charge on any atom is -0.310 e. The smallest absolute Gasteiger partial charge is 0.0414 e. The van der Waals surface area contributed by atoms with E-state index in [1.807, 2.05) is 11.3 Å². The summed E-state index contributed by atoms with van der Waals surface area (Å²) in [5.41, 5.74) is 0.238. The lowest BCUT2D eigenvalue weighted by molar-refractivity contribution is 0.182. The predicted molar refractivity (Wildman–Crippen MR) is 71.0 cm³/mol. The van der Waals surface area contributed by atoms with E-state index in [0.717, 1.165) is 13.1 Å².